The highest BCUT2D eigenvalue weighted by molar-refractivity contribution is 6.30. The summed E-state index contributed by atoms with van der Waals surface area (Å²) in [6, 6.07) is 10.7. The van der Waals surface area contributed by atoms with E-state index >= 15 is 8.78 Å². The van der Waals surface area contributed by atoms with E-state index in [2.05, 4.69) is 5.32 Å². The highest BCUT2D eigenvalue weighted by atomic mass is 35.5. The molecule has 0 aliphatic heterocycles. The Bertz CT molecular complexity index is 1940. The summed E-state index contributed by atoms with van der Waals surface area (Å²) in [5, 5.41) is 16.4. The molecule has 19 heteroatoms. The van der Waals surface area contributed by atoms with E-state index in [1.54, 1.807) is 0 Å². The standard InChI is InChI=1S/C36H33ClF7N5O6/c1-19(2)27(29(50)36(43,44)32(53)46-18-34(38,39)40)48-31(52)28(22-10-12-25(55-3)13-11-22)49-30(51)26(15-20-6-4-7-21(14-20)17-45)47-33(54)35(41,42)23-8-5-9-24(37)16-23/h4-14,16,19,26-28H,15,18H2,1-3H3,(H,46,53)(H,47,54)(H,48,52)(H,49,51). The number of halogens is 8. The van der Waals surface area contributed by atoms with Gasteiger partial charge in [-0.1, -0.05) is 61.8 Å². The fourth-order valence-electron chi connectivity index (χ4n) is 4.99. The molecule has 0 spiro atoms. The van der Waals surface area contributed by atoms with Gasteiger partial charge in [0.25, 0.3) is 11.8 Å². The SMILES string of the molecule is COc1ccc(C(NC(=O)C(Cc2cccc(C#N)c2)NC(=O)C(F)(F)c2cccc(Cl)c2)C(=O)NC(C(=O)C(F)(F)C(=O)NCC(F)(F)F)C(C)C)cc1. The lowest BCUT2D eigenvalue weighted by atomic mass is 9.94. The lowest BCUT2D eigenvalue weighted by Gasteiger charge is -2.29. The van der Waals surface area contributed by atoms with Crippen molar-refractivity contribution in [3.63, 3.8) is 0 Å². The Kier molecular flexibility index (Phi) is 14.4. The molecule has 0 heterocycles. The minimum absolute atomic E-state index is 0.0860. The van der Waals surface area contributed by atoms with Gasteiger partial charge in [0.1, 0.15) is 24.4 Å². The molecule has 0 aromatic heterocycles. The van der Waals surface area contributed by atoms with Crippen LogP contribution >= 0.6 is 11.6 Å². The van der Waals surface area contributed by atoms with E-state index in [9.17, 15) is 51.2 Å². The van der Waals surface area contributed by atoms with Crippen LogP contribution in [0.1, 0.15) is 42.1 Å². The van der Waals surface area contributed by atoms with Gasteiger partial charge in [0.2, 0.25) is 17.6 Å². The zero-order chi connectivity index (χ0) is 41.3. The van der Waals surface area contributed by atoms with E-state index in [4.69, 9.17) is 16.3 Å². The molecule has 0 radical (unpaired) electrons. The molecule has 3 atom stereocenters. The number of amides is 4. The van der Waals surface area contributed by atoms with Crippen LogP contribution in [0.4, 0.5) is 30.7 Å². The van der Waals surface area contributed by atoms with Gasteiger partial charge in [-0.15, -0.1) is 0 Å². The van der Waals surface area contributed by atoms with Crippen molar-refractivity contribution in [3.05, 3.63) is 100 Å². The van der Waals surface area contributed by atoms with Gasteiger partial charge in [-0.05, 0) is 53.4 Å². The predicted molar refractivity (Wildman–Crippen MR) is 182 cm³/mol. The first-order chi connectivity index (χ1) is 25.6. The van der Waals surface area contributed by atoms with Gasteiger partial charge in [0.15, 0.2) is 0 Å². The number of ketones is 1. The predicted octanol–water partition coefficient (Wildman–Crippen LogP) is 4.92. The summed E-state index contributed by atoms with van der Waals surface area (Å²) in [6.07, 6.45) is -5.62. The fraction of sp³-hybridized carbons (Fsp3) is 0.333. The van der Waals surface area contributed by atoms with Crippen LogP contribution in [0.2, 0.25) is 5.02 Å². The van der Waals surface area contributed by atoms with Crippen LogP contribution in [-0.2, 0) is 36.3 Å². The summed E-state index contributed by atoms with van der Waals surface area (Å²) in [5.74, 6) is -19.7. The van der Waals surface area contributed by atoms with Gasteiger partial charge in [-0.25, -0.2) is 0 Å². The number of carbonyl (C=O) groups excluding carboxylic acids is 5. The van der Waals surface area contributed by atoms with Crippen LogP contribution in [0, 0.1) is 17.2 Å². The third kappa shape index (κ3) is 11.6. The number of rotatable bonds is 16. The third-order valence-electron chi connectivity index (χ3n) is 7.88. The molecule has 3 aromatic carbocycles. The van der Waals surface area contributed by atoms with Gasteiger partial charge < -0.3 is 26.0 Å². The van der Waals surface area contributed by atoms with E-state index < -0.39 is 90.0 Å². The molecule has 0 saturated heterocycles. The van der Waals surface area contributed by atoms with Gasteiger partial charge in [0.05, 0.1) is 24.8 Å². The van der Waals surface area contributed by atoms with E-state index in [0.717, 1.165) is 23.5 Å². The number of benzene rings is 3. The van der Waals surface area contributed by atoms with Crippen LogP contribution in [0.5, 0.6) is 5.75 Å². The Morgan fingerprint density at radius 1 is 0.818 bits per heavy atom. The molecule has 0 saturated carbocycles. The summed E-state index contributed by atoms with van der Waals surface area (Å²) >= 11 is 5.83. The second-order valence-corrected chi connectivity index (χ2v) is 12.7. The van der Waals surface area contributed by atoms with Crippen molar-refractivity contribution >= 4 is 41.0 Å². The lowest BCUT2D eigenvalue weighted by molar-refractivity contribution is -0.165. The zero-order valence-corrected chi connectivity index (χ0v) is 29.8. The van der Waals surface area contributed by atoms with Crippen molar-refractivity contribution in [3.8, 4) is 11.8 Å². The molecule has 3 unspecified atom stereocenters. The number of hydrogen-bond donors (Lipinski definition) is 4. The van der Waals surface area contributed by atoms with Crippen molar-refractivity contribution in [2.24, 2.45) is 5.92 Å². The Hall–Kier alpha value is -5.70. The van der Waals surface area contributed by atoms with Crippen LogP contribution in [0.3, 0.4) is 0 Å². The number of nitrogens with zero attached hydrogens (tertiary/aromatic N) is 1. The Morgan fingerprint density at radius 3 is 2.02 bits per heavy atom. The summed E-state index contributed by atoms with van der Waals surface area (Å²) in [4.78, 5) is 65.7. The summed E-state index contributed by atoms with van der Waals surface area (Å²) in [6.45, 7) is 0.172. The van der Waals surface area contributed by atoms with Crippen LogP contribution < -0.4 is 26.0 Å². The fourth-order valence-corrected chi connectivity index (χ4v) is 5.18. The molecule has 4 N–H and O–H groups in total. The molecule has 3 rings (SSSR count). The van der Waals surface area contributed by atoms with E-state index in [1.165, 1.54) is 75.6 Å². The normalized spacial score (nSPS) is 13.4. The van der Waals surface area contributed by atoms with Crippen LogP contribution in [-0.4, -0.2) is 67.2 Å². The van der Waals surface area contributed by atoms with Gasteiger partial charge >= 0.3 is 18.0 Å². The number of nitrogens with one attached hydrogen (secondary N) is 4. The largest absolute Gasteiger partial charge is 0.497 e. The Balaban J connectivity index is 2.02. The van der Waals surface area contributed by atoms with Crippen molar-refractivity contribution < 1.29 is 59.4 Å². The van der Waals surface area contributed by atoms with Gasteiger partial charge in [-0.3, -0.25) is 24.0 Å². The minimum Gasteiger partial charge on any atom is -0.497 e. The summed E-state index contributed by atoms with van der Waals surface area (Å²) in [5.41, 5.74) is -0.604. The van der Waals surface area contributed by atoms with Crippen molar-refractivity contribution in [2.45, 2.75) is 56.4 Å². The van der Waals surface area contributed by atoms with E-state index in [-0.39, 0.29) is 27.5 Å². The first kappa shape index (κ1) is 43.7. The first-order valence-electron chi connectivity index (χ1n) is 16.1. The maximum atomic E-state index is 15.4. The maximum Gasteiger partial charge on any atom is 0.405 e. The number of nitriles is 1. The molecule has 0 aliphatic rings. The maximum absolute atomic E-state index is 15.4. The highest BCUT2D eigenvalue weighted by Gasteiger charge is 2.52. The number of ether oxygens (including phenoxy) is 1. The molecule has 11 nitrogen and oxygen atoms in total. The Labute approximate surface area is 314 Å². The molecule has 55 heavy (non-hydrogen) atoms. The van der Waals surface area contributed by atoms with Crippen molar-refractivity contribution in [1.82, 2.24) is 21.3 Å². The number of Topliss-reactive ketones (excluding diaryl/α,β-unsaturated/α-hetero) is 1. The number of alkyl halides is 7. The Morgan fingerprint density at radius 2 is 1.45 bits per heavy atom. The topological polar surface area (TPSA) is 166 Å². The molecule has 0 aliphatic carbocycles. The highest BCUT2D eigenvalue weighted by Crippen LogP contribution is 2.30. The van der Waals surface area contributed by atoms with E-state index in [0.29, 0.717) is 0 Å². The molecule has 0 bridgehead atoms. The van der Waals surface area contributed by atoms with Gasteiger partial charge in [0, 0.05) is 17.0 Å². The smallest absolute Gasteiger partial charge is 0.405 e. The molecular weight excluding hydrogens is 767 g/mol. The second kappa shape index (κ2) is 18.1. The molecule has 4 amide bonds. The quantitative estimate of drug-likeness (QED) is 0.118. The summed E-state index contributed by atoms with van der Waals surface area (Å²) < 4.78 is 103. The average molecular weight is 800 g/mol. The van der Waals surface area contributed by atoms with Crippen molar-refractivity contribution in [1.29, 1.82) is 5.26 Å². The van der Waals surface area contributed by atoms with Gasteiger partial charge in [-0.2, -0.15) is 36.0 Å². The monoisotopic (exact) mass is 799 g/mol. The van der Waals surface area contributed by atoms with Crippen LogP contribution in [0.25, 0.3) is 0 Å². The van der Waals surface area contributed by atoms with Crippen molar-refractivity contribution in [2.75, 3.05) is 13.7 Å². The number of methoxy groups -OCH3 is 1. The minimum atomic E-state index is -5.09. The molecule has 294 valence electrons. The third-order valence-corrected chi connectivity index (χ3v) is 8.11. The summed E-state index contributed by atoms with van der Waals surface area (Å²) in [7, 11) is 1.30. The van der Waals surface area contributed by atoms with Crippen LogP contribution in [0.15, 0.2) is 72.8 Å². The zero-order valence-electron chi connectivity index (χ0n) is 29.1. The number of carbonyl (C=O) groups is 5. The molecule has 3 aromatic rings. The second-order valence-electron chi connectivity index (χ2n) is 12.3. The first-order valence-corrected chi connectivity index (χ1v) is 16.4. The lowest BCUT2D eigenvalue weighted by Crippen LogP contribution is -2.59. The average Bonchev–Trinajstić information content (AvgIpc) is 3.13. The molecule has 0 fully saturated rings. The van der Waals surface area contributed by atoms with E-state index in [1.807, 2.05) is 16.7 Å². The molecular formula is C36H33ClF7N5O6. The number of hydrogen-bond acceptors (Lipinski definition) is 7.